The molecule has 2 amide bonds. The van der Waals surface area contributed by atoms with Gasteiger partial charge in [0.25, 0.3) is 11.8 Å². The van der Waals surface area contributed by atoms with Gasteiger partial charge in [-0.3, -0.25) is 9.59 Å². The van der Waals surface area contributed by atoms with Gasteiger partial charge in [-0.05, 0) is 49.4 Å². The molecule has 32 heavy (non-hydrogen) atoms. The Kier molecular flexibility index (Phi) is 4.35. The van der Waals surface area contributed by atoms with Gasteiger partial charge in [-0.25, -0.2) is 14.6 Å². The maximum absolute atomic E-state index is 13.3. The Morgan fingerprint density at radius 2 is 1.69 bits per heavy atom. The van der Waals surface area contributed by atoms with E-state index in [0.29, 0.717) is 27.4 Å². The van der Waals surface area contributed by atoms with E-state index in [4.69, 9.17) is 11.6 Å². The number of rotatable bonds is 2. The number of imide groups is 1. The number of benzene rings is 2. The lowest BCUT2D eigenvalue weighted by molar-refractivity contribution is -0.137. The SMILES string of the molecule is Cc1nn(-c2ccc(Cl)cc2)c2ncc3c(c12)C(=O)N(c1cccc(C(F)(F)F)c1)C3=O. The van der Waals surface area contributed by atoms with Crippen molar-refractivity contribution in [1.29, 1.82) is 0 Å². The molecule has 0 saturated heterocycles. The number of aryl methyl sites for hydroxylation is 1. The van der Waals surface area contributed by atoms with Crippen LogP contribution in [0.25, 0.3) is 16.7 Å². The average Bonchev–Trinajstić information content (AvgIpc) is 3.22. The van der Waals surface area contributed by atoms with Gasteiger partial charge in [-0.1, -0.05) is 17.7 Å². The molecule has 0 fully saturated rings. The van der Waals surface area contributed by atoms with E-state index in [1.54, 1.807) is 31.2 Å². The summed E-state index contributed by atoms with van der Waals surface area (Å²) >= 11 is 5.94. The molecule has 0 bridgehead atoms. The molecule has 2 aromatic carbocycles. The lowest BCUT2D eigenvalue weighted by atomic mass is 10.1. The van der Waals surface area contributed by atoms with Gasteiger partial charge in [0.2, 0.25) is 0 Å². The first kappa shape index (κ1) is 20.2. The van der Waals surface area contributed by atoms with Crippen molar-refractivity contribution in [2.45, 2.75) is 13.1 Å². The summed E-state index contributed by atoms with van der Waals surface area (Å²) < 4.78 is 41.0. The highest BCUT2D eigenvalue weighted by atomic mass is 35.5. The van der Waals surface area contributed by atoms with Gasteiger partial charge in [0.1, 0.15) is 0 Å². The number of anilines is 1. The van der Waals surface area contributed by atoms with Crippen LogP contribution < -0.4 is 4.90 Å². The van der Waals surface area contributed by atoms with E-state index in [0.717, 1.165) is 23.1 Å². The van der Waals surface area contributed by atoms with Crippen LogP contribution in [0.15, 0.2) is 54.7 Å². The number of fused-ring (bicyclic) bond motifs is 3. The van der Waals surface area contributed by atoms with Gasteiger partial charge < -0.3 is 0 Å². The molecule has 0 spiro atoms. The van der Waals surface area contributed by atoms with Gasteiger partial charge in [-0.2, -0.15) is 18.3 Å². The zero-order valence-corrected chi connectivity index (χ0v) is 17.1. The number of halogens is 4. The fourth-order valence-corrected chi connectivity index (χ4v) is 3.90. The molecule has 160 valence electrons. The van der Waals surface area contributed by atoms with Crippen molar-refractivity contribution >= 4 is 40.1 Å². The number of nitrogens with zero attached hydrogens (tertiary/aromatic N) is 4. The van der Waals surface area contributed by atoms with Gasteiger partial charge >= 0.3 is 6.18 Å². The van der Waals surface area contributed by atoms with Crippen LogP contribution in [0.1, 0.15) is 32.0 Å². The first-order valence-corrected chi connectivity index (χ1v) is 9.75. The largest absolute Gasteiger partial charge is 0.416 e. The molecule has 1 aliphatic rings. The van der Waals surface area contributed by atoms with Crippen molar-refractivity contribution in [3.05, 3.63) is 82.1 Å². The first-order valence-electron chi connectivity index (χ1n) is 9.37. The summed E-state index contributed by atoms with van der Waals surface area (Å²) in [5.41, 5.74) is 0.394. The number of amides is 2. The number of carbonyl (C=O) groups is 2. The number of alkyl halides is 3. The van der Waals surface area contributed by atoms with E-state index in [1.807, 2.05) is 0 Å². The predicted molar refractivity (Wildman–Crippen MR) is 111 cm³/mol. The summed E-state index contributed by atoms with van der Waals surface area (Å²) in [5, 5.41) is 5.35. The van der Waals surface area contributed by atoms with Gasteiger partial charge in [-0.15, -0.1) is 0 Å². The molecule has 0 radical (unpaired) electrons. The van der Waals surface area contributed by atoms with Crippen LogP contribution in [0.2, 0.25) is 5.02 Å². The Balaban J connectivity index is 1.67. The van der Waals surface area contributed by atoms with E-state index in [9.17, 15) is 22.8 Å². The number of hydrogen-bond donors (Lipinski definition) is 0. The summed E-state index contributed by atoms with van der Waals surface area (Å²) in [4.78, 5) is 31.3. The Hall–Kier alpha value is -3.72. The van der Waals surface area contributed by atoms with Crippen LogP contribution in [0.4, 0.5) is 18.9 Å². The van der Waals surface area contributed by atoms with Crippen molar-refractivity contribution in [2.24, 2.45) is 0 Å². The van der Waals surface area contributed by atoms with Crippen molar-refractivity contribution in [3.63, 3.8) is 0 Å². The minimum absolute atomic E-state index is 0.0127. The summed E-state index contributed by atoms with van der Waals surface area (Å²) in [6.07, 6.45) is -3.36. The molecular weight excluding hydrogens is 445 g/mol. The minimum atomic E-state index is -4.61. The zero-order chi connectivity index (χ0) is 22.8. The molecular formula is C22H12ClF3N4O2. The average molecular weight is 457 g/mol. The predicted octanol–water partition coefficient (Wildman–Crippen LogP) is 5.20. The Morgan fingerprint density at radius 3 is 2.38 bits per heavy atom. The van der Waals surface area contributed by atoms with Crippen molar-refractivity contribution < 1.29 is 22.8 Å². The van der Waals surface area contributed by atoms with E-state index in [1.165, 1.54) is 16.9 Å². The summed E-state index contributed by atoms with van der Waals surface area (Å²) in [7, 11) is 0. The maximum atomic E-state index is 13.3. The molecule has 1 aliphatic heterocycles. The minimum Gasteiger partial charge on any atom is -0.268 e. The van der Waals surface area contributed by atoms with Gasteiger partial charge in [0.15, 0.2) is 5.65 Å². The quantitative estimate of drug-likeness (QED) is 0.389. The third-order valence-corrected chi connectivity index (χ3v) is 5.48. The molecule has 3 heterocycles. The lowest BCUT2D eigenvalue weighted by Gasteiger charge is -2.16. The molecule has 0 saturated carbocycles. The summed E-state index contributed by atoms with van der Waals surface area (Å²) in [5.74, 6) is -1.46. The van der Waals surface area contributed by atoms with Crippen LogP contribution in [0.3, 0.4) is 0 Å². The Morgan fingerprint density at radius 1 is 0.969 bits per heavy atom. The van der Waals surface area contributed by atoms with Crippen LogP contribution >= 0.6 is 11.6 Å². The molecule has 4 aromatic rings. The number of aromatic nitrogens is 3. The van der Waals surface area contributed by atoms with Crippen LogP contribution in [0, 0.1) is 6.92 Å². The normalized spacial score (nSPS) is 13.8. The highest BCUT2D eigenvalue weighted by Crippen LogP contribution is 2.37. The highest BCUT2D eigenvalue weighted by molar-refractivity contribution is 6.37. The standard InChI is InChI=1S/C22H12ClF3N4O2/c1-11-17-18-16(10-27-19(17)30(28-11)14-7-5-13(23)6-8-14)20(31)29(21(18)32)15-4-2-3-12(9-15)22(24,25)26/h2-10H,1H3. The number of hydrogen-bond acceptors (Lipinski definition) is 4. The molecule has 0 unspecified atom stereocenters. The molecule has 10 heteroatoms. The van der Waals surface area contributed by atoms with E-state index in [2.05, 4.69) is 10.1 Å². The Bertz CT molecular complexity index is 1430. The number of carbonyl (C=O) groups excluding carboxylic acids is 2. The molecule has 0 N–H and O–H groups in total. The van der Waals surface area contributed by atoms with Gasteiger partial charge in [0.05, 0.1) is 39.1 Å². The lowest BCUT2D eigenvalue weighted by Crippen LogP contribution is -2.29. The molecule has 5 rings (SSSR count). The second kappa shape index (κ2) is 6.89. The smallest absolute Gasteiger partial charge is 0.268 e. The second-order valence-corrected chi connectivity index (χ2v) is 7.65. The third-order valence-electron chi connectivity index (χ3n) is 5.22. The van der Waals surface area contributed by atoms with Crippen molar-refractivity contribution in [2.75, 3.05) is 4.90 Å². The topological polar surface area (TPSA) is 68.1 Å². The third kappa shape index (κ3) is 2.96. The van der Waals surface area contributed by atoms with E-state index < -0.39 is 23.6 Å². The van der Waals surface area contributed by atoms with E-state index in [-0.39, 0.29) is 16.8 Å². The highest BCUT2D eigenvalue weighted by Gasteiger charge is 2.41. The van der Waals surface area contributed by atoms with Crippen LogP contribution in [-0.4, -0.2) is 26.6 Å². The molecule has 2 aromatic heterocycles. The number of pyridine rings is 1. The Labute approximate surface area is 183 Å². The molecule has 6 nitrogen and oxygen atoms in total. The van der Waals surface area contributed by atoms with Crippen molar-refractivity contribution in [1.82, 2.24) is 14.8 Å². The monoisotopic (exact) mass is 456 g/mol. The van der Waals surface area contributed by atoms with Gasteiger partial charge in [0, 0.05) is 11.2 Å². The fourth-order valence-electron chi connectivity index (χ4n) is 3.78. The second-order valence-electron chi connectivity index (χ2n) is 7.21. The maximum Gasteiger partial charge on any atom is 0.416 e. The van der Waals surface area contributed by atoms with Crippen LogP contribution in [-0.2, 0) is 6.18 Å². The van der Waals surface area contributed by atoms with E-state index >= 15 is 0 Å². The summed E-state index contributed by atoms with van der Waals surface area (Å²) in [6.45, 7) is 1.67. The zero-order valence-electron chi connectivity index (χ0n) is 16.3. The fraction of sp³-hybridized carbons (Fsp3) is 0.0909. The summed E-state index contributed by atoms with van der Waals surface area (Å²) in [6, 6.07) is 10.9. The molecule has 0 atom stereocenters. The first-order chi connectivity index (χ1) is 15.2. The van der Waals surface area contributed by atoms with Crippen LogP contribution in [0.5, 0.6) is 0 Å². The van der Waals surface area contributed by atoms with Crippen molar-refractivity contribution in [3.8, 4) is 5.69 Å². The molecule has 0 aliphatic carbocycles.